The standard InChI is InChI=1S/C21H16F3N3O4S2/c1-11-17(12-5-3-2-4-6-12)18(19(25)29)20(33-11)26-16(28)10-32-15-8-7-13(21(22,23)24)9-14(15)27(30)31/h2-9H,10H2,1H3,(H2,25,29)(H,26,28). The summed E-state index contributed by atoms with van der Waals surface area (Å²) in [5, 5.41) is 14.0. The average molecular weight is 496 g/mol. The zero-order valence-corrected chi connectivity index (χ0v) is 18.6. The number of nitro groups is 1. The Hall–Kier alpha value is -3.38. The molecule has 0 aliphatic carbocycles. The molecule has 172 valence electrons. The Bertz CT molecular complexity index is 1230. The van der Waals surface area contributed by atoms with Crippen LogP contribution in [0.25, 0.3) is 11.1 Å². The molecule has 3 N–H and O–H groups in total. The Morgan fingerprint density at radius 1 is 1.18 bits per heavy atom. The van der Waals surface area contributed by atoms with Crippen molar-refractivity contribution in [3.63, 3.8) is 0 Å². The molecule has 7 nitrogen and oxygen atoms in total. The van der Waals surface area contributed by atoms with Crippen LogP contribution in [0.1, 0.15) is 20.8 Å². The number of amides is 2. The van der Waals surface area contributed by atoms with Crippen molar-refractivity contribution in [3.8, 4) is 11.1 Å². The van der Waals surface area contributed by atoms with E-state index < -0.39 is 34.2 Å². The first-order chi connectivity index (χ1) is 15.5. The Morgan fingerprint density at radius 2 is 1.85 bits per heavy atom. The zero-order chi connectivity index (χ0) is 24.3. The first-order valence-corrected chi connectivity index (χ1v) is 11.1. The number of alkyl halides is 3. The number of thiophene rings is 1. The number of anilines is 1. The van der Waals surface area contributed by atoms with E-state index in [4.69, 9.17) is 5.73 Å². The Balaban J connectivity index is 1.81. The van der Waals surface area contributed by atoms with Crippen molar-refractivity contribution >= 4 is 45.6 Å². The van der Waals surface area contributed by atoms with Crippen LogP contribution in [-0.2, 0) is 11.0 Å². The highest BCUT2D eigenvalue weighted by Gasteiger charge is 2.33. The van der Waals surface area contributed by atoms with Crippen molar-refractivity contribution < 1.29 is 27.7 Å². The fourth-order valence-electron chi connectivity index (χ4n) is 3.08. The van der Waals surface area contributed by atoms with E-state index in [0.29, 0.717) is 29.5 Å². The number of primary amides is 1. The lowest BCUT2D eigenvalue weighted by molar-refractivity contribution is -0.388. The van der Waals surface area contributed by atoms with Crippen molar-refractivity contribution in [2.45, 2.75) is 18.0 Å². The average Bonchev–Trinajstić information content (AvgIpc) is 3.07. The summed E-state index contributed by atoms with van der Waals surface area (Å²) in [6.07, 6.45) is -4.73. The van der Waals surface area contributed by atoms with Crippen LogP contribution in [0.5, 0.6) is 0 Å². The number of nitro benzene ring substituents is 1. The number of nitrogens with two attached hydrogens (primary N) is 1. The number of aryl methyl sites for hydroxylation is 1. The monoisotopic (exact) mass is 495 g/mol. The van der Waals surface area contributed by atoms with Crippen LogP contribution in [-0.4, -0.2) is 22.5 Å². The summed E-state index contributed by atoms with van der Waals surface area (Å²) in [5.41, 5.74) is 5.13. The van der Waals surface area contributed by atoms with Gasteiger partial charge >= 0.3 is 6.18 Å². The molecule has 1 heterocycles. The minimum atomic E-state index is -4.73. The maximum Gasteiger partial charge on any atom is 0.416 e. The molecule has 0 aliphatic rings. The van der Waals surface area contributed by atoms with E-state index >= 15 is 0 Å². The fourth-order valence-corrected chi connectivity index (χ4v) is 4.99. The van der Waals surface area contributed by atoms with E-state index in [1.165, 1.54) is 0 Å². The molecular formula is C21H16F3N3O4S2. The van der Waals surface area contributed by atoms with E-state index in [1.54, 1.807) is 31.2 Å². The van der Waals surface area contributed by atoms with Crippen LogP contribution < -0.4 is 11.1 Å². The van der Waals surface area contributed by atoms with Gasteiger partial charge < -0.3 is 11.1 Å². The number of rotatable bonds is 7. The van der Waals surface area contributed by atoms with Crippen molar-refractivity contribution in [2.24, 2.45) is 5.73 Å². The van der Waals surface area contributed by atoms with Gasteiger partial charge in [-0.15, -0.1) is 23.1 Å². The summed E-state index contributed by atoms with van der Waals surface area (Å²) in [5.74, 6) is -1.67. The quantitative estimate of drug-likeness (QED) is 0.256. The maximum atomic E-state index is 12.8. The largest absolute Gasteiger partial charge is 0.416 e. The number of benzene rings is 2. The van der Waals surface area contributed by atoms with Gasteiger partial charge in [0.1, 0.15) is 5.00 Å². The van der Waals surface area contributed by atoms with Crippen LogP contribution in [0, 0.1) is 17.0 Å². The topological polar surface area (TPSA) is 115 Å². The maximum absolute atomic E-state index is 12.8. The molecule has 0 radical (unpaired) electrons. The van der Waals surface area contributed by atoms with E-state index in [2.05, 4.69) is 5.32 Å². The number of halogens is 3. The summed E-state index contributed by atoms with van der Waals surface area (Å²) < 4.78 is 38.5. The normalized spacial score (nSPS) is 11.3. The minimum absolute atomic E-state index is 0.0920. The first-order valence-electron chi connectivity index (χ1n) is 9.26. The number of hydrogen-bond acceptors (Lipinski definition) is 6. The van der Waals surface area contributed by atoms with Crippen molar-refractivity contribution in [2.75, 3.05) is 11.1 Å². The molecule has 0 saturated heterocycles. The number of nitrogens with one attached hydrogen (secondary N) is 1. The SMILES string of the molecule is Cc1sc(NC(=O)CSc2ccc(C(F)(F)F)cc2[N+](=O)[O-])c(C(N)=O)c1-c1ccccc1. The van der Waals surface area contributed by atoms with Crippen molar-refractivity contribution in [3.05, 3.63) is 74.6 Å². The lowest BCUT2D eigenvalue weighted by Gasteiger charge is -2.09. The second kappa shape index (κ2) is 9.63. The molecule has 0 fully saturated rings. The predicted octanol–water partition coefficient (Wildman–Crippen LogP) is 5.48. The van der Waals surface area contributed by atoms with Gasteiger partial charge in [-0.05, 0) is 24.6 Å². The van der Waals surface area contributed by atoms with Gasteiger partial charge in [-0.2, -0.15) is 13.2 Å². The molecule has 12 heteroatoms. The van der Waals surface area contributed by atoms with Gasteiger partial charge in [-0.3, -0.25) is 19.7 Å². The number of nitrogens with zero attached hydrogens (tertiary/aromatic N) is 1. The summed E-state index contributed by atoms with van der Waals surface area (Å²) in [6, 6.07) is 11.1. The molecule has 0 atom stereocenters. The summed E-state index contributed by atoms with van der Waals surface area (Å²) >= 11 is 1.86. The van der Waals surface area contributed by atoms with Gasteiger partial charge in [-0.1, -0.05) is 30.3 Å². The van der Waals surface area contributed by atoms with Gasteiger partial charge in [0.05, 0.1) is 26.7 Å². The third-order valence-corrected chi connectivity index (χ3v) is 6.57. The van der Waals surface area contributed by atoms with Gasteiger partial charge in [0, 0.05) is 16.5 Å². The molecule has 3 aromatic rings. The third-order valence-electron chi connectivity index (χ3n) is 4.49. The second-order valence-corrected chi connectivity index (χ2v) is 8.98. The van der Waals surface area contributed by atoms with Crippen molar-refractivity contribution in [1.82, 2.24) is 0 Å². The highest BCUT2D eigenvalue weighted by atomic mass is 32.2. The smallest absolute Gasteiger partial charge is 0.365 e. The predicted molar refractivity (Wildman–Crippen MR) is 120 cm³/mol. The molecule has 3 rings (SSSR count). The van der Waals surface area contributed by atoms with Crippen LogP contribution >= 0.6 is 23.1 Å². The van der Waals surface area contributed by atoms with Gasteiger partial charge in [-0.25, -0.2) is 0 Å². The molecule has 0 unspecified atom stereocenters. The molecule has 0 aliphatic heterocycles. The Kier molecular flexibility index (Phi) is 7.08. The third kappa shape index (κ3) is 5.52. The Morgan fingerprint density at radius 3 is 2.42 bits per heavy atom. The molecule has 33 heavy (non-hydrogen) atoms. The summed E-state index contributed by atoms with van der Waals surface area (Å²) in [4.78, 5) is 35.6. The summed E-state index contributed by atoms with van der Waals surface area (Å²) in [7, 11) is 0. The molecule has 2 amide bonds. The van der Waals surface area contributed by atoms with Crippen LogP contribution in [0.15, 0.2) is 53.4 Å². The molecular weight excluding hydrogens is 479 g/mol. The minimum Gasteiger partial charge on any atom is -0.365 e. The van der Waals surface area contributed by atoms with Crippen LogP contribution in [0.4, 0.5) is 23.9 Å². The fraction of sp³-hybridized carbons (Fsp3) is 0.143. The number of carbonyl (C=O) groups excluding carboxylic acids is 2. The van der Waals surface area contributed by atoms with Gasteiger partial charge in [0.15, 0.2) is 0 Å². The van der Waals surface area contributed by atoms with Gasteiger partial charge in [0.25, 0.3) is 11.6 Å². The highest BCUT2D eigenvalue weighted by molar-refractivity contribution is 8.00. The lowest BCUT2D eigenvalue weighted by atomic mass is 10.0. The van der Waals surface area contributed by atoms with Crippen LogP contribution in [0.2, 0.25) is 0 Å². The van der Waals surface area contributed by atoms with E-state index in [0.717, 1.165) is 27.8 Å². The number of thioether (sulfide) groups is 1. The second-order valence-electron chi connectivity index (χ2n) is 6.74. The number of hydrogen-bond donors (Lipinski definition) is 2. The van der Waals surface area contributed by atoms with E-state index in [9.17, 15) is 32.9 Å². The molecule has 0 saturated carbocycles. The first kappa shape index (κ1) is 24.3. The van der Waals surface area contributed by atoms with E-state index in [-0.39, 0.29) is 21.2 Å². The molecule has 2 aromatic carbocycles. The summed E-state index contributed by atoms with van der Waals surface area (Å²) in [6.45, 7) is 1.77. The molecule has 0 spiro atoms. The lowest BCUT2D eigenvalue weighted by Crippen LogP contribution is -2.18. The Labute approximate surface area is 193 Å². The van der Waals surface area contributed by atoms with Crippen LogP contribution in [0.3, 0.4) is 0 Å². The molecule has 0 bridgehead atoms. The number of carbonyl (C=O) groups is 2. The van der Waals surface area contributed by atoms with E-state index in [1.807, 2.05) is 6.07 Å². The zero-order valence-electron chi connectivity index (χ0n) is 16.9. The molecule has 1 aromatic heterocycles. The van der Waals surface area contributed by atoms with Crippen molar-refractivity contribution in [1.29, 1.82) is 0 Å². The van der Waals surface area contributed by atoms with Gasteiger partial charge in [0.2, 0.25) is 5.91 Å². The highest BCUT2D eigenvalue weighted by Crippen LogP contribution is 2.40.